The SMILES string of the molecule is CC/C(=C(/C)c1ccnc2cc(OCCN3CCOCC3)ccc12)N(C)/N=C/c1ccccn1. The molecule has 0 saturated carbocycles. The molecule has 1 aromatic carbocycles. The zero-order chi connectivity index (χ0) is 23.8. The monoisotopic (exact) mass is 459 g/mol. The Morgan fingerprint density at radius 3 is 2.76 bits per heavy atom. The van der Waals surface area contributed by atoms with Crippen LogP contribution in [0.4, 0.5) is 0 Å². The summed E-state index contributed by atoms with van der Waals surface area (Å²) in [6.07, 6.45) is 6.28. The molecule has 2 aromatic heterocycles. The Balaban J connectivity index is 1.51. The molecule has 0 unspecified atom stereocenters. The highest BCUT2D eigenvalue weighted by atomic mass is 16.5. The number of hydrogen-bond donors (Lipinski definition) is 0. The van der Waals surface area contributed by atoms with E-state index in [-0.39, 0.29) is 0 Å². The Kier molecular flexibility index (Phi) is 8.22. The Morgan fingerprint density at radius 1 is 1.15 bits per heavy atom. The third-order valence-electron chi connectivity index (χ3n) is 6.11. The predicted octanol–water partition coefficient (Wildman–Crippen LogP) is 4.45. The van der Waals surface area contributed by atoms with Crippen LogP contribution in [0.15, 0.2) is 65.7 Å². The first-order valence-electron chi connectivity index (χ1n) is 11.9. The molecule has 178 valence electrons. The summed E-state index contributed by atoms with van der Waals surface area (Å²) in [5.41, 5.74) is 5.23. The number of benzene rings is 1. The lowest BCUT2D eigenvalue weighted by Gasteiger charge is -2.26. The first-order chi connectivity index (χ1) is 16.7. The van der Waals surface area contributed by atoms with Crippen molar-refractivity contribution in [3.8, 4) is 5.75 Å². The molecule has 0 amide bonds. The van der Waals surface area contributed by atoms with Crippen LogP contribution in [0.1, 0.15) is 31.5 Å². The molecule has 0 aliphatic carbocycles. The number of fused-ring (bicyclic) bond motifs is 1. The van der Waals surface area contributed by atoms with Gasteiger partial charge in [-0.15, -0.1) is 0 Å². The van der Waals surface area contributed by atoms with Gasteiger partial charge in [-0.25, -0.2) is 0 Å². The van der Waals surface area contributed by atoms with Gasteiger partial charge in [0.25, 0.3) is 0 Å². The van der Waals surface area contributed by atoms with Gasteiger partial charge in [0.2, 0.25) is 0 Å². The van der Waals surface area contributed by atoms with E-state index >= 15 is 0 Å². The molecule has 1 aliphatic rings. The number of nitrogens with zero attached hydrogens (tertiary/aromatic N) is 5. The lowest BCUT2D eigenvalue weighted by molar-refractivity contribution is 0.0322. The first-order valence-corrected chi connectivity index (χ1v) is 11.9. The van der Waals surface area contributed by atoms with E-state index in [9.17, 15) is 0 Å². The van der Waals surface area contributed by atoms with Gasteiger partial charge in [0, 0.05) is 56.2 Å². The van der Waals surface area contributed by atoms with Crippen molar-refractivity contribution in [1.82, 2.24) is 19.9 Å². The minimum Gasteiger partial charge on any atom is -0.492 e. The van der Waals surface area contributed by atoms with Gasteiger partial charge >= 0.3 is 0 Å². The number of allylic oxidation sites excluding steroid dienone is 2. The largest absolute Gasteiger partial charge is 0.492 e. The summed E-state index contributed by atoms with van der Waals surface area (Å²) in [4.78, 5) is 11.3. The van der Waals surface area contributed by atoms with Crippen LogP contribution in [0.3, 0.4) is 0 Å². The topological polar surface area (TPSA) is 63.1 Å². The molecule has 3 aromatic rings. The average Bonchev–Trinajstić information content (AvgIpc) is 2.88. The minimum absolute atomic E-state index is 0.656. The normalized spacial score (nSPS) is 15.5. The number of aromatic nitrogens is 2. The van der Waals surface area contributed by atoms with Crippen LogP contribution in [-0.4, -0.2) is 72.6 Å². The number of morpholine rings is 1. The van der Waals surface area contributed by atoms with Crippen molar-refractivity contribution in [3.05, 3.63) is 71.8 Å². The molecule has 0 atom stereocenters. The summed E-state index contributed by atoms with van der Waals surface area (Å²) in [7, 11) is 1.98. The molecule has 1 saturated heterocycles. The maximum absolute atomic E-state index is 6.03. The maximum Gasteiger partial charge on any atom is 0.121 e. The van der Waals surface area contributed by atoms with Crippen molar-refractivity contribution in [2.75, 3.05) is 46.5 Å². The van der Waals surface area contributed by atoms with Crippen LogP contribution in [0.2, 0.25) is 0 Å². The Hall–Kier alpha value is -3.29. The third-order valence-corrected chi connectivity index (χ3v) is 6.11. The predicted molar refractivity (Wildman–Crippen MR) is 137 cm³/mol. The van der Waals surface area contributed by atoms with E-state index in [2.05, 4.69) is 45.9 Å². The van der Waals surface area contributed by atoms with Crippen molar-refractivity contribution in [1.29, 1.82) is 0 Å². The highest BCUT2D eigenvalue weighted by Crippen LogP contribution is 2.30. The van der Waals surface area contributed by atoms with Crippen LogP contribution in [-0.2, 0) is 4.74 Å². The summed E-state index contributed by atoms with van der Waals surface area (Å²) < 4.78 is 11.4. The molecule has 7 heteroatoms. The van der Waals surface area contributed by atoms with Crippen molar-refractivity contribution >= 4 is 22.7 Å². The molecule has 4 rings (SSSR count). The summed E-state index contributed by atoms with van der Waals surface area (Å²) in [5, 5.41) is 7.65. The number of rotatable bonds is 9. The van der Waals surface area contributed by atoms with Crippen LogP contribution < -0.4 is 4.74 Å². The average molecular weight is 460 g/mol. The number of hydrogen-bond acceptors (Lipinski definition) is 7. The van der Waals surface area contributed by atoms with Crippen LogP contribution in [0.5, 0.6) is 5.75 Å². The van der Waals surface area contributed by atoms with Gasteiger partial charge in [0.05, 0.1) is 30.6 Å². The zero-order valence-corrected chi connectivity index (χ0v) is 20.3. The van der Waals surface area contributed by atoms with Gasteiger partial charge in [-0.1, -0.05) is 13.0 Å². The summed E-state index contributed by atoms with van der Waals surface area (Å²) in [5.74, 6) is 0.847. The molecular formula is C27H33N5O2. The minimum atomic E-state index is 0.656. The van der Waals surface area contributed by atoms with Crippen LogP contribution in [0.25, 0.3) is 16.5 Å². The van der Waals surface area contributed by atoms with Gasteiger partial charge < -0.3 is 9.47 Å². The smallest absolute Gasteiger partial charge is 0.121 e. The molecule has 1 fully saturated rings. The fourth-order valence-electron chi connectivity index (χ4n) is 4.22. The van der Waals surface area contributed by atoms with E-state index in [1.807, 2.05) is 48.6 Å². The second kappa shape index (κ2) is 11.7. The quantitative estimate of drug-likeness (QED) is 0.348. The van der Waals surface area contributed by atoms with Crippen LogP contribution in [0, 0.1) is 0 Å². The highest BCUT2D eigenvalue weighted by Gasteiger charge is 2.13. The van der Waals surface area contributed by atoms with E-state index in [0.717, 1.165) is 72.9 Å². The van der Waals surface area contributed by atoms with Gasteiger partial charge in [0.1, 0.15) is 12.4 Å². The number of hydrazone groups is 1. The second-order valence-corrected chi connectivity index (χ2v) is 8.29. The van der Waals surface area contributed by atoms with Crippen LogP contribution >= 0.6 is 0 Å². The zero-order valence-electron chi connectivity index (χ0n) is 20.3. The lowest BCUT2D eigenvalue weighted by Crippen LogP contribution is -2.38. The van der Waals surface area contributed by atoms with E-state index in [1.165, 1.54) is 5.57 Å². The van der Waals surface area contributed by atoms with Gasteiger partial charge in [-0.2, -0.15) is 5.10 Å². The third kappa shape index (κ3) is 5.98. The molecule has 34 heavy (non-hydrogen) atoms. The van der Waals surface area contributed by atoms with Gasteiger partial charge in [-0.05, 0) is 54.8 Å². The van der Waals surface area contributed by atoms with E-state index in [4.69, 9.17) is 9.47 Å². The van der Waals surface area contributed by atoms with Gasteiger partial charge in [-0.3, -0.25) is 19.9 Å². The Morgan fingerprint density at radius 2 is 2.00 bits per heavy atom. The van der Waals surface area contributed by atoms with Crippen molar-refractivity contribution in [2.45, 2.75) is 20.3 Å². The molecule has 0 spiro atoms. The molecule has 0 radical (unpaired) electrons. The van der Waals surface area contributed by atoms with Gasteiger partial charge in [0.15, 0.2) is 0 Å². The van der Waals surface area contributed by atoms with E-state index < -0.39 is 0 Å². The summed E-state index contributed by atoms with van der Waals surface area (Å²) in [6, 6.07) is 14.0. The maximum atomic E-state index is 6.03. The highest BCUT2D eigenvalue weighted by molar-refractivity contribution is 5.92. The fourth-order valence-corrected chi connectivity index (χ4v) is 4.22. The van der Waals surface area contributed by atoms with Crippen molar-refractivity contribution in [2.24, 2.45) is 5.10 Å². The molecule has 3 heterocycles. The first kappa shape index (κ1) is 23.9. The Bertz CT molecular complexity index is 1140. The summed E-state index contributed by atoms with van der Waals surface area (Å²) >= 11 is 0. The molecule has 0 bridgehead atoms. The standard InChI is InChI=1S/C27H33N5O2/c1-4-27(31(3)30-20-22-7-5-6-11-28-22)21(2)24-10-12-29-26-19-23(8-9-25(24)26)34-18-15-32-13-16-33-17-14-32/h5-12,19-20H,4,13-18H2,1-3H3/b27-21+,30-20+. The second-order valence-electron chi connectivity index (χ2n) is 8.29. The van der Waals surface area contributed by atoms with E-state index in [1.54, 1.807) is 12.4 Å². The molecule has 1 aliphatic heterocycles. The number of pyridine rings is 2. The summed E-state index contributed by atoms with van der Waals surface area (Å²) in [6.45, 7) is 9.40. The lowest BCUT2D eigenvalue weighted by atomic mass is 9.99. The number of ether oxygens (including phenoxy) is 2. The van der Waals surface area contributed by atoms with Crippen molar-refractivity contribution in [3.63, 3.8) is 0 Å². The molecule has 7 nitrogen and oxygen atoms in total. The molecular weight excluding hydrogens is 426 g/mol. The fraction of sp³-hybridized carbons (Fsp3) is 0.370. The van der Waals surface area contributed by atoms with E-state index in [0.29, 0.717) is 6.61 Å². The molecule has 0 N–H and O–H groups in total. The van der Waals surface area contributed by atoms with Crippen molar-refractivity contribution < 1.29 is 9.47 Å². The Labute approximate surface area is 201 Å².